The Kier molecular flexibility index (Phi) is 6.69. The number of unbranched alkanes of at least 4 members (excludes halogenated alkanes) is 1. The van der Waals surface area contributed by atoms with Crippen LogP contribution in [-0.2, 0) is 0 Å². The molecule has 0 saturated carbocycles. The van der Waals surface area contributed by atoms with Crippen molar-refractivity contribution in [2.45, 2.75) is 39.3 Å². The maximum Gasteiger partial charge on any atom is 0.126 e. The number of rotatable bonds is 8. The zero-order valence-corrected chi connectivity index (χ0v) is 14.2. The molecule has 1 atom stereocenters. The molecule has 0 bridgehead atoms. The normalized spacial score (nSPS) is 12.7. The summed E-state index contributed by atoms with van der Waals surface area (Å²) in [5, 5.41) is 12.4. The van der Waals surface area contributed by atoms with Gasteiger partial charge in [0.25, 0.3) is 0 Å². The van der Waals surface area contributed by atoms with Crippen LogP contribution in [0.15, 0.2) is 41.8 Å². The molecular weight excluding hydrogens is 290 g/mol. The summed E-state index contributed by atoms with van der Waals surface area (Å²) in [6.45, 7) is 5.05. The van der Waals surface area contributed by atoms with Crippen LogP contribution in [0.2, 0.25) is 0 Å². The van der Waals surface area contributed by atoms with E-state index in [1.54, 1.807) is 11.3 Å². The van der Waals surface area contributed by atoms with Gasteiger partial charge in [-0.15, -0.1) is 11.3 Å². The first-order valence-corrected chi connectivity index (χ1v) is 8.89. The van der Waals surface area contributed by atoms with Gasteiger partial charge >= 0.3 is 0 Å². The van der Waals surface area contributed by atoms with Gasteiger partial charge in [-0.05, 0) is 55.0 Å². The summed E-state index contributed by atoms with van der Waals surface area (Å²) < 4.78 is 0. The number of thiophene rings is 1. The molecule has 0 aliphatic heterocycles. The maximum absolute atomic E-state index is 10.3. The average Bonchev–Trinajstić information content (AvgIpc) is 3.06. The van der Waals surface area contributed by atoms with Crippen LogP contribution in [0.4, 0.5) is 5.69 Å². The molecule has 1 aromatic heterocycles. The lowest BCUT2D eigenvalue weighted by atomic mass is 10.1. The molecule has 0 fully saturated rings. The van der Waals surface area contributed by atoms with Crippen molar-refractivity contribution in [2.75, 3.05) is 11.4 Å². The van der Waals surface area contributed by atoms with Gasteiger partial charge in [-0.3, -0.25) is 0 Å². The number of hydrogen-bond donors (Lipinski definition) is 1. The topological polar surface area (TPSA) is 23.5 Å². The average molecular weight is 315 g/mol. The van der Waals surface area contributed by atoms with E-state index in [9.17, 15) is 5.11 Å². The Morgan fingerprint density at radius 3 is 2.50 bits per heavy atom. The molecule has 0 spiro atoms. The van der Waals surface area contributed by atoms with Crippen molar-refractivity contribution in [1.82, 2.24) is 0 Å². The van der Waals surface area contributed by atoms with E-state index in [1.165, 1.54) is 10.4 Å². The third-order valence-corrected chi connectivity index (χ3v) is 4.56. The second-order valence-electron chi connectivity index (χ2n) is 5.35. The summed E-state index contributed by atoms with van der Waals surface area (Å²) in [5.41, 5.74) is 2.26. The van der Waals surface area contributed by atoms with Crippen molar-refractivity contribution in [2.24, 2.45) is 0 Å². The summed E-state index contributed by atoms with van der Waals surface area (Å²) in [6.07, 6.45) is 6.86. The fraction of sp³-hybridized carbons (Fsp3) is 0.368. The van der Waals surface area contributed by atoms with Gasteiger partial charge in [-0.1, -0.05) is 37.6 Å². The summed E-state index contributed by atoms with van der Waals surface area (Å²) in [5.74, 6) is 0. The minimum atomic E-state index is -0.391. The molecule has 0 aliphatic rings. The maximum atomic E-state index is 10.3. The van der Waals surface area contributed by atoms with Gasteiger partial charge in [-0.25, -0.2) is 0 Å². The molecule has 1 aromatic carbocycles. The smallest absolute Gasteiger partial charge is 0.126 e. The van der Waals surface area contributed by atoms with E-state index in [0.717, 1.165) is 31.5 Å². The number of hydrogen-bond acceptors (Lipinski definition) is 3. The predicted molar refractivity (Wildman–Crippen MR) is 98.2 cm³/mol. The third kappa shape index (κ3) is 4.72. The molecule has 0 saturated heterocycles. The van der Waals surface area contributed by atoms with Gasteiger partial charge in [0.2, 0.25) is 0 Å². The number of aliphatic hydroxyl groups excluding tert-OH is 1. The van der Waals surface area contributed by atoms with E-state index in [0.29, 0.717) is 0 Å². The van der Waals surface area contributed by atoms with Crippen LogP contribution in [0.1, 0.15) is 43.6 Å². The highest BCUT2D eigenvalue weighted by Gasteiger charge is 2.13. The van der Waals surface area contributed by atoms with Crippen molar-refractivity contribution in [3.8, 4) is 0 Å². The van der Waals surface area contributed by atoms with Gasteiger partial charge in [0.15, 0.2) is 0 Å². The molecule has 2 rings (SSSR count). The molecule has 1 heterocycles. The van der Waals surface area contributed by atoms with E-state index in [1.807, 2.05) is 0 Å². The van der Waals surface area contributed by atoms with Gasteiger partial charge < -0.3 is 10.0 Å². The molecule has 0 radical (unpaired) electrons. The first kappa shape index (κ1) is 16.8. The van der Waals surface area contributed by atoms with Crippen LogP contribution in [0.5, 0.6) is 0 Å². The van der Waals surface area contributed by atoms with Crippen LogP contribution >= 0.6 is 11.3 Å². The largest absolute Gasteiger partial charge is 0.374 e. The number of anilines is 1. The van der Waals surface area contributed by atoms with Crippen LogP contribution in [-0.4, -0.2) is 17.9 Å². The molecule has 1 unspecified atom stereocenters. The zero-order chi connectivity index (χ0) is 15.8. The van der Waals surface area contributed by atoms with Gasteiger partial charge in [0, 0.05) is 17.1 Å². The Morgan fingerprint density at radius 1 is 1.14 bits per heavy atom. The van der Waals surface area contributed by atoms with E-state index in [-0.39, 0.29) is 0 Å². The van der Waals surface area contributed by atoms with E-state index in [2.05, 4.69) is 72.7 Å². The second-order valence-corrected chi connectivity index (χ2v) is 6.33. The summed E-state index contributed by atoms with van der Waals surface area (Å²) in [4.78, 5) is 3.32. The van der Waals surface area contributed by atoms with Crippen molar-refractivity contribution < 1.29 is 5.11 Å². The molecule has 22 heavy (non-hydrogen) atoms. The lowest BCUT2D eigenvalue weighted by molar-refractivity contribution is 0.157. The fourth-order valence-corrected chi connectivity index (χ4v) is 3.07. The van der Waals surface area contributed by atoms with E-state index < -0.39 is 6.23 Å². The van der Waals surface area contributed by atoms with Gasteiger partial charge in [0.1, 0.15) is 6.23 Å². The van der Waals surface area contributed by atoms with Crippen LogP contribution in [0.3, 0.4) is 0 Å². The molecule has 1 N–H and O–H groups in total. The Balaban J connectivity index is 2.03. The van der Waals surface area contributed by atoms with Crippen LogP contribution < -0.4 is 4.90 Å². The second kappa shape index (κ2) is 8.76. The first-order chi connectivity index (χ1) is 10.7. The molecular formula is C19H25NOS. The molecule has 3 heteroatoms. The highest BCUT2D eigenvalue weighted by atomic mass is 32.1. The standard InChI is InChI=1S/C19H25NOS/c1-3-5-8-19(21)20(4-2)17-12-9-16(10-13-17)11-14-18-7-6-15-22-18/h6-7,9-15,19,21H,3-5,8H2,1-2H3/b14-11+. The molecule has 2 nitrogen and oxygen atoms in total. The van der Waals surface area contributed by atoms with E-state index in [4.69, 9.17) is 0 Å². The monoisotopic (exact) mass is 315 g/mol. The SMILES string of the molecule is CCCCC(O)N(CC)c1ccc(/C=C/c2cccs2)cc1. The van der Waals surface area contributed by atoms with Crippen molar-refractivity contribution in [1.29, 1.82) is 0 Å². The van der Waals surface area contributed by atoms with Gasteiger partial charge in [0.05, 0.1) is 0 Å². The van der Waals surface area contributed by atoms with Gasteiger partial charge in [-0.2, -0.15) is 0 Å². The summed E-state index contributed by atoms with van der Waals surface area (Å²) >= 11 is 1.74. The first-order valence-electron chi connectivity index (χ1n) is 8.01. The Bertz CT molecular complexity index is 560. The zero-order valence-electron chi connectivity index (χ0n) is 13.4. The lowest BCUT2D eigenvalue weighted by Gasteiger charge is -2.29. The minimum Gasteiger partial charge on any atom is -0.374 e. The number of nitrogens with zero attached hydrogens (tertiary/aromatic N) is 1. The Morgan fingerprint density at radius 2 is 1.91 bits per heavy atom. The molecule has 0 amide bonds. The van der Waals surface area contributed by atoms with Crippen molar-refractivity contribution >= 4 is 29.2 Å². The number of benzene rings is 1. The quantitative estimate of drug-likeness (QED) is 0.672. The highest BCUT2D eigenvalue weighted by Crippen LogP contribution is 2.21. The third-order valence-electron chi connectivity index (χ3n) is 3.72. The Hall–Kier alpha value is -1.58. The molecule has 0 aliphatic carbocycles. The number of aliphatic hydroxyl groups is 1. The predicted octanol–water partition coefficient (Wildman–Crippen LogP) is 5.25. The summed E-state index contributed by atoms with van der Waals surface area (Å²) in [6, 6.07) is 12.6. The van der Waals surface area contributed by atoms with Crippen LogP contribution in [0.25, 0.3) is 12.2 Å². The fourth-order valence-electron chi connectivity index (χ4n) is 2.45. The van der Waals surface area contributed by atoms with E-state index >= 15 is 0 Å². The lowest BCUT2D eigenvalue weighted by Crippen LogP contribution is -2.34. The van der Waals surface area contributed by atoms with Crippen LogP contribution in [0, 0.1) is 0 Å². The highest BCUT2D eigenvalue weighted by molar-refractivity contribution is 7.10. The molecule has 2 aromatic rings. The minimum absolute atomic E-state index is 0.391. The summed E-state index contributed by atoms with van der Waals surface area (Å²) in [7, 11) is 0. The van der Waals surface area contributed by atoms with Crippen molar-refractivity contribution in [3.63, 3.8) is 0 Å². The molecule has 118 valence electrons. The Labute approximate surface area is 137 Å². The van der Waals surface area contributed by atoms with Crippen molar-refractivity contribution in [3.05, 3.63) is 52.2 Å².